The van der Waals surface area contributed by atoms with Crippen molar-refractivity contribution < 1.29 is 9.47 Å². The first-order chi connectivity index (χ1) is 11.4. The smallest absolute Gasteiger partial charge is 0.161 e. The molecule has 24 heavy (non-hydrogen) atoms. The normalized spacial score (nSPS) is 11.1. The zero-order valence-corrected chi connectivity index (χ0v) is 15.5. The number of nitrogens with one attached hydrogen (secondary N) is 1. The predicted octanol–water partition coefficient (Wildman–Crippen LogP) is 4.16. The van der Waals surface area contributed by atoms with Gasteiger partial charge in [-0.2, -0.15) is 0 Å². The van der Waals surface area contributed by atoms with E-state index in [-0.39, 0.29) is 5.41 Å². The molecule has 1 N–H and O–H groups in total. The first-order valence-electron chi connectivity index (χ1n) is 8.11. The molecule has 0 aliphatic carbocycles. The highest BCUT2D eigenvalue weighted by atomic mass is 16.5. The van der Waals surface area contributed by atoms with Crippen LogP contribution in [-0.4, -0.2) is 34.9 Å². The molecule has 0 aliphatic heterocycles. The quantitative estimate of drug-likeness (QED) is 0.827. The van der Waals surface area contributed by atoms with Gasteiger partial charge in [0.15, 0.2) is 11.5 Å². The number of methoxy groups -OCH3 is 2. The molecule has 0 aromatic heterocycles. The Hall–Kier alpha value is -2.36. The van der Waals surface area contributed by atoms with E-state index < -0.39 is 0 Å². The van der Waals surface area contributed by atoms with Crippen molar-refractivity contribution in [3.63, 3.8) is 0 Å². The molecule has 0 fully saturated rings. The van der Waals surface area contributed by atoms with Crippen LogP contribution in [0.1, 0.15) is 19.4 Å². The molecule has 0 saturated carbocycles. The molecular formula is C20H28N2O2. The summed E-state index contributed by atoms with van der Waals surface area (Å²) in [4.78, 5) is 2.09. The van der Waals surface area contributed by atoms with E-state index in [0.29, 0.717) is 0 Å². The van der Waals surface area contributed by atoms with Gasteiger partial charge in [0.1, 0.15) is 0 Å². The van der Waals surface area contributed by atoms with Gasteiger partial charge in [0.25, 0.3) is 0 Å². The maximum absolute atomic E-state index is 5.42. The van der Waals surface area contributed by atoms with Gasteiger partial charge < -0.3 is 19.7 Å². The minimum Gasteiger partial charge on any atom is -0.493 e. The summed E-state index contributed by atoms with van der Waals surface area (Å²) < 4.78 is 10.7. The van der Waals surface area contributed by atoms with Gasteiger partial charge in [-0.3, -0.25) is 0 Å². The van der Waals surface area contributed by atoms with Crippen LogP contribution in [0.3, 0.4) is 0 Å². The summed E-state index contributed by atoms with van der Waals surface area (Å²) in [5.41, 5.74) is 3.48. The van der Waals surface area contributed by atoms with Crippen molar-refractivity contribution in [3.8, 4) is 11.5 Å². The Bertz CT molecular complexity index is 664. The van der Waals surface area contributed by atoms with Crippen LogP contribution in [0.4, 0.5) is 11.4 Å². The second-order valence-corrected chi connectivity index (χ2v) is 6.75. The first-order valence-corrected chi connectivity index (χ1v) is 8.11. The lowest BCUT2D eigenvalue weighted by Gasteiger charge is -2.27. The largest absolute Gasteiger partial charge is 0.493 e. The Labute approximate surface area is 145 Å². The van der Waals surface area contributed by atoms with Gasteiger partial charge in [-0.25, -0.2) is 0 Å². The third-order valence-corrected chi connectivity index (χ3v) is 4.28. The van der Waals surface area contributed by atoms with Gasteiger partial charge >= 0.3 is 0 Å². The van der Waals surface area contributed by atoms with Gasteiger partial charge in [-0.15, -0.1) is 0 Å². The summed E-state index contributed by atoms with van der Waals surface area (Å²) in [6.07, 6.45) is 0. The number of hydrogen-bond donors (Lipinski definition) is 1. The minimum absolute atomic E-state index is 0.0419. The minimum atomic E-state index is -0.0419. The third-order valence-electron chi connectivity index (χ3n) is 4.28. The first kappa shape index (κ1) is 18.0. The molecule has 0 atom stereocenters. The second kappa shape index (κ2) is 7.47. The lowest BCUT2D eigenvalue weighted by atomic mass is 9.84. The zero-order valence-electron chi connectivity index (χ0n) is 15.5. The summed E-state index contributed by atoms with van der Waals surface area (Å²) in [6, 6.07) is 14.6. The fraction of sp³-hybridized carbons (Fsp3) is 0.400. The summed E-state index contributed by atoms with van der Waals surface area (Å²) in [5, 5.41) is 3.53. The Balaban J connectivity index is 2.10. The number of hydrogen-bond acceptors (Lipinski definition) is 4. The van der Waals surface area contributed by atoms with Crippen molar-refractivity contribution in [2.45, 2.75) is 19.3 Å². The van der Waals surface area contributed by atoms with E-state index in [4.69, 9.17) is 9.47 Å². The van der Waals surface area contributed by atoms with Crippen LogP contribution in [0.15, 0.2) is 42.5 Å². The predicted molar refractivity (Wildman–Crippen MR) is 102 cm³/mol. The zero-order chi connectivity index (χ0) is 17.7. The Morgan fingerprint density at radius 2 is 1.54 bits per heavy atom. The maximum Gasteiger partial charge on any atom is 0.161 e. The highest BCUT2D eigenvalue weighted by molar-refractivity contribution is 5.55. The fourth-order valence-corrected chi connectivity index (χ4v) is 2.56. The van der Waals surface area contributed by atoms with E-state index in [1.165, 1.54) is 11.3 Å². The number of benzene rings is 2. The maximum atomic E-state index is 5.42. The van der Waals surface area contributed by atoms with E-state index in [1.54, 1.807) is 14.2 Å². The van der Waals surface area contributed by atoms with E-state index in [9.17, 15) is 0 Å². The van der Waals surface area contributed by atoms with Gasteiger partial charge in [0.2, 0.25) is 0 Å². The summed E-state index contributed by atoms with van der Waals surface area (Å²) in [6.45, 7) is 5.26. The number of anilines is 2. The number of ether oxygens (including phenoxy) is 2. The second-order valence-electron chi connectivity index (χ2n) is 6.75. The SMILES string of the molecule is COc1ccc(C(C)(C)CNc2ccc(N(C)C)cc2)cc1OC. The highest BCUT2D eigenvalue weighted by Crippen LogP contribution is 2.33. The number of rotatable bonds is 7. The third kappa shape index (κ3) is 4.13. The van der Waals surface area contributed by atoms with Crippen molar-refractivity contribution in [2.75, 3.05) is 45.1 Å². The van der Waals surface area contributed by atoms with Crippen LogP contribution >= 0.6 is 0 Å². The molecule has 4 heteroatoms. The topological polar surface area (TPSA) is 33.7 Å². The molecule has 2 aromatic rings. The molecule has 0 bridgehead atoms. The molecular weight excluding hydrogens is 300 g/mol. The van der Waals surface area contributed by atoms with Gasteiger partial charge in [-0.1, -0.05) is 19.9 Å². The van der Waals surface area contributed by atoms with Crippen molar-refractivity contribution in [1.29, 1.82) is 0 Å². The number of nitrogens with zero attached hydrogens (tertiary/aromatic N) is 1. The van der Waals surface area contributed by atoms with Gasteiger partial charge in [0.05, 0.1) is 14.2 Å². The Morgan fingerprint density at radius 3 is 2.08 bits per heavy atom. The van der Waals surface area contributed by atoms with Crippen LogP contribution in [0.5, 0.6) is 11.5 Å². The standard InChI is InChI=1S/C20H28N2O2/c1-20(2,15-7-12-18(23-5)19(13-15)24-6)14-21-16-8-10-17(11-9-16)22(3)4/h7-13,21H,14H2,1-6H3. The molecule has 130 valence electrons. The van der Waals surface area contributed by atoms with Gasteiger partial charge in [0, 0.05) is 37.4 Å². The summed E-state index contributed by atoms with van der Waals surface area (Å²) in [7, 11) is 7.41. The highest BCUT2D eigenvalue weighted by Gasteiger charge is 2.22. The molecule has 0 unspecified atom stereocenters. The summed E-state index contributed by atoms with van der Waals surface area (Å²) in [5.74, 6) is 1.52. The molecule has 0 radical (unpaired) electrons. The Morgan fingerprint density at radius 1 is 0.917 bits per heavy atom. The van der Waals surface area contributed by atoms with Crippen LogP contribution in [-0.2, 0) is 5.41 Å². The molecule has 4 nitrogen and oxygen atoms in total. The molecule has 0 amide bonds. The van der Waals surface area contributed by atoms with Gasteiger partial charge in [-0.05, 0) is 42.0 Å². The molecule has 0 saturated heterocycles. The van der Waals surface area contributed by atoms with E-state index in [1.807, 2.05) is 20.2 Å². The summed E-state index contributed by atoms with van der Waals surface area (Å²) >= 11 is 0. The van der Waals surface area contributed by atoms with E-state index in [0.717, 1.165) is 23.7 Å². The van der Waals surface area contributed by atoms with Crippen molar-refractivity contribution in [2.24, 2.45) is 0 Å². The van der Waals surface area contributed by atoms with Crippen LogP contribution in [0.2, 0.25) is 0 Å². The average Bonchev–Trinajstić information content (AvgIpc) is 2.59. The van der Waals surface area contributed by atoms with E-state index in [2.05, 4.69) is 60.5 Å². The van der Waals surface area contributed by atoms with Crippen molar-refractivity contribution in [1.82, 2.24) is 0 Å². The van der Waals surface area contributed by atoms with Crippen LogP contribution in [0, 0.1) is 0 Å². The average molecular weight is 328 g/mol. The Kier molecular flexibility index (Phi) is 5.60. The van der Waals surface area contributed by atoms with Crippen LogP contribution < -0.4 is 19.7 Å². The molecule has 0 aliphatic rings. The monoisotopic (exact) mass is 328 g/mol. The van der Waals surface area contributed by atoms with Crippen molar-refractivity contribution >= 4 is 11.4 Å². The lowest BCUT2D eigenvalue weighted by Crippen LogP contribution is -2.27. The van der Waals surface area contributed by atoms with E-state index >= 15 is 0 Å². The van der Waals surface area contributed by atoms with Crippen LogP contribution in [0.25, 0.3) is 0 Å². The van der Waals surface area contributed by atoms with Crippen molar-refractivity contribution in [3.05, 3.63) is 48.0 Å². The molecule has 0 heterocycles. The molecule has 0 spiro atoms. The lowest BCUT2D eigenvalue weighted by molar-refractivity contribution is 0.353. The molecule has 2 rings (SSSR count). The fourth-order valence-electron chi connectivity index (χ4n) is 2.56. The molecule has 2 aromatic carbocycles.